The molecule has 30 heavy (non-hydrogen) atoms. The number of likely N-dealkylation sites (N-methyl/N-ethyl adjacent to an activating group) is 1. The predicted octanol–water partition coefficient (Wildman–Crippen LogP) is 1.81. The zero-order chi connectivity index (χ0) is 21.4. The lowest BCUT2D eigenvalue weighted by atomic mass is 9.68. The van der Waals surface area contributed by atoms with E-state index in [1.54, 1.807) is 11.9 Å². The van der Waals surface area contributed by atoms with E-state index in [1.165, 1.54) is 5.56 Å². The van der Waals surface area contributed by atoms with Crippen molar-refractivity contribution >= 4 is 11.9 Å². The minimum atomic E-state index is -0.775. The van der Waals surface area contributed by atoms with Gasteiger partial charge < -0.3 is 25.5 Å². The molecule has 3 aliphatic rings. The maximum Gasteiger partial charge on any atom is 0.321 e. The number of β-amino-alcohol motifs (C(OH)–C–C–N with tert-alkyl or cyclic N) is 1. The second kappa shape index (κ2) is 7.85. The average Bonchev–Trinajstić information content (AvgIpc) is 2.99. The molecule has 1 heterocycles. The first kappa shape index (κ1) is 21.1. The smallest absolute Gasteiger partial charge is 0.321 e. The van der Waals surface area contributed by atoms with Crippen molar-refractivity contribution in [3.8, 4) is 0 Å². The SMILES string of the molecule is CNC(=O)CN1CC2(CCC(NC)(c3ccccc3)CC2)N(CC2(O)CCC2)C1=O. The molecule has 1 aliphatic heterocycles. The van der Waals surface area contributed by atoms with Crippen LogP contribution in [-0.2, 0) is 10.3 Å². The van der Waals surface area contributed by atoms with Gasteiger partial charge in [-0.3, -0.25) is 4.79 Å². The zero-order valence-electron chi connectivity index (χ0n) is 18.1. The normalized spacial score (nSPS) is 30.4. The van der Waals surface area contributed by atoms with Gasteiger partial charge in [0, 0.05) is 19.1 Å². The summed E-state index contributed by atoms with van der Waals surface area (Å²) in [5.74, 6) is -0.160. The summed E-state index contributed by atoms with van der Waals surface area (Å²) in [5, 5.41) is 17.0. The molecule has 1 aromatic carbocycles. The molecule has 164 valence electrons. The molecule has 0 unspecified atom stereocenters. The van der Waals surface area contributed by atoms with Crippen LogP contribution in [0, 0.1) is 0 Å². The molecular formula is C23H34N4O3. The van der Waals surface area contributed by atoms with Gasteiger partial charge in [-0.1, -0.05) is 30.3 Å². The second-order valence-corrected chi connectivity index (χ2v) is 9.40. The van der Waals surface area contributed by atoms with Crippen molar-refractivity contribution in [2.75, 3.05) is 33.7 Å². The summed E-state index contributed by atoms with van der Waals surface area (Å²) < 4.78 is 0. The first-order valence-electron chi connectivity index (χ1n) is 11.1. The molecule has 1 saturated heterocycles. The van der Waals surface area contributed by atoms with E-state index in [0.717, 1.165) is 44.9 Å². The van der Waals surface area contributed by atoms with E-state index in [2.05, 4.69) is 34.9 Å². The van der Waals surface area contributed by atoms with Gasteiger partial charge in [0.1, 0.15) is 6.54 Å². The van der Waals surface area contributed by atoms with Gasteiger partial charge >= 0.3 is 6.03 Å². The summed E-state index contributed by atoms with van der Waals surface area (Å²) in [4.78, 5) is 28.9. The van der Waals surface area contributed by atoms with Gasteiger partial charge in [-0.25, -0.2) is 4.79 Å². The molecular weight excluding hydrogens is 380 g/mol. The molecule has 3 N–H and O–H groups in total. The largest absolute Gasteiger partial charge is 0.388 e. The van der Waals surface area contributed by atoms with Gasteiger partial charge in [-0.2, -0.15) is 0 Å². The standard InChI is InChI=1S/C23H34N4O3/c1-24-19(28)15-26-16-21(27(20(26)29)17-22(30)9-6-10-22)11-13-23(25-2,14-12-21)18-7-4-3-5-8-18/h3-5,7-8,25,30H,6,9-17H2,1-2H3,(H,24,28). The Labute approximate surface area is 178 Å². The van der Waals surface area contributed by atoms with Crippen LogP contribution in [-0.4, -0.2) is 71.7 Å². The molecule has 1 aromatic rings. The van der Waals surface area contributed by atoms with Crippen molar-refractivity contribution < 1.29 is 14.7 Å². The molecule has 7 heteroatoms. The Hall–Kier alpha value is -2.12. The average molecular weight is 415 g/mol. The van der Waals surface area contributed by atoms with E-state index >= 15 is 0 Å². The van der Waals surface area contributed by atoms with Crippen molar-refractivity contribution in [3.05, 3.63) is 35.9 Å². The van der Waals surface area contributed by atoms with Gasteiger partial charge in [0.2, 0.25) is 5.91 Å². The molecule has 3 fully saturated rings. The molecule has 1 spiro atoms. The molecule has 7 nitrogen and oxygen atoms in total. The fourth-order valence-corrected chi connectivity index (χ4v) is 5.54. The maximum absolute atomic E-state index is 13.3. The summed E-state index contributed by atoms with van der Waals surface area (Å²) in [5.41, 5.74) is 0.0647. The minimum absolute atomic E-state index is 0.0713. The summed E-state index contributed by atoms with van der Waals surface area (Å²) in [7, 11) is 3.60. The lowest BCUT2D eigenvalue weighted by Crippen LogP contribution is -2.59. The number of nitrogens with one attached hydrogen (secondary N) is 2. The Balaban J connectivity index is 1.58. The summed E-state index contributed by atoms with van der Waals surface area (Å²) in [6.07, 6.45) is 5.99. The molecule has 2 saturated carbocycles. The Morgan fingerprint density at radius 3 is 2.27 bits per heavy atom. The number of urea groups is 1. The van der Waals surface area contributed by atoms with Crippen molar-refractivity contribution in [2.24, 2.45) is 0 Å². The van der Waals surface area contributed by atoms with E-state index in [1.807, 2.05) is 18.0 Å². The van der Waals surface area contributed by atoms with Gasteiger partial charge in [0.15, 0.2) is 0 Å². The molecule has 3 amide bonds. The fourth-order valence-electron chi connectivity index (χ4n) is 5.54. The van der Waals surface area contributed by atoms with Crippen molar-refractivity contribution in [3.63, 3.8) is 0 Å². The van der Waals surface area contributed by atoms with Crippen molar-refractivity contribution in [1.29, 1.82) is 0 Å². The Morgan fingerprint density at radius 1 is 1.07 bits per heavy atom. The number of hydrogen-bond donors (Lipinski definition) is 3. The van der Waals surface area contributed by atoms with Crippen LogP contribution >= 0.6 is 0 Å². The number of rotatable bonds is 6. The summed E-state index contributed by atoms with van der Waals surface area (Å²) in [6.45, 7) is 0.986. The predicted molar refractivity (Wildman–Crippen MR) is 115 cm³/mol. The van der Waals surface area contributed by atoms with Crippen LogP contribution in [0.15, 0.2) is 30.3 Å². The highest BCUT2D eigenvalue weighted by molar-refractivity contribution is 5.85. The number of benzene rings is 1. The number of aliphatic hydroxyl groups is 1. The lowest BCUT2D eigenvalue weighted by molar-refractivity contribution is -0.121. The molecule has 0 radical (unpaired) electrons. The quantitative estimate of drug-likeness (QED) is 0.663. The minimum Gasteiger partial charge on any atom is -0.388 e. The molecule has 0 aromatic heterocycles. The van der Waals surface area contributed by atoms with Gasteiger partial charge in [0.05, 0.1) is 17.7 Å². The molecule has 4 rings (SSSR count). The van der Waals surface area contributed by atoms with Gasteiger partial charge in [0.25, 0.3) is 0 Å². The van der Waals surface area contributed by atoms with Crippen LogP contribution in [0.2, 0.25) is 0 Å². The summed E-state index contributed by atoms with van der Waals surface area (Å²) >= 11 is 0. The number of carbonyl (C=O) groups excluding carboxylic acids is 2. The fraction of sp³-hybridized carbons (Fsp3) is 0.652. The Bertz CT molecular complexity index is 785. The van der Waals surface area contributed by atoms with Gasteiger partial charge in [-0.05, 0) is 57.6 Å². The number of hydrogen-bond acceptors (Lipinski definition) is 4. The van der Waals surface area contributed by atoms with Gasteiger partial charge in [-0.15, -0.1) is 0 Å². The zero-order valence-corrected chi connectivity index (χ0v) is 18.1. The van der Waals surface area contributed by atoms with Crippen molar-refractivity contribution in [1.82, 2.24) is 20.4 Å². The van der Waals surface area contributed by atoms with Crippen LogP contribution in [0.5, 0.6) is 0 Å². The molecule has 0 bridgehead atoms. The lowest BCUT2D eigenvalue weighted by Gasteiger charge is -2.50. The highest BCUT2D eigenvalue weighted by Crippen LogP contribution is 2.48. The topological polar surface area (TPSA) is 84.9 Å². The van der Waals surface area contributed by atoms with E-state index in [-0.39, 0.29) is 29.6 Å². The van der Waals surface area contributed by atoms with E-state index in [4.69, 9.17) is 0 Å². The highest BCUT2D eigenvalue weighted by Gasteiger charge is 2.55. The summed E-state index contributed by atoms with van der Waals surface area (Å²) in [6, 6.07) is 10.4. The molecule has 2 aliphatic carbocycles. The highest BCUT2D eigenvalue weighted by atomic mass is 16.3. The number of carbonyl (C=O) groups is 2. The van der Waals surface area contributed by atoms with Crippen LogP contribution in [0.1, 0.15) is 50.5 Å². The van der Waals surface area contributed by atoms with E-state index in [0.29, 0.717) is 13.1 Å². The Morgan fingerprint density at radius 2 is 1.73 bits per heavy atom. The Kier molecular flexibility index (Phi) is 5.53. The third-order valence-corrected chi connectivity index (χ3v) is 7.75. The maximum atomic E-state index is 13.3. The molecule has 0 atom stereocenters. The van der Waals surface area contributed by atoms with E-state index in [9.17, 15) is 14.7 Å². The van der Waals surface area contributed by atoms with E-state index < -0.39 is 5.60 Å². The third-order valence-electron chi connectivity index (χ3n) is 7.75. The second-order valence-electron chi connectivity index (χ2n) is 9.40. The van der Waals surface area contributed by atoms with Crippen molar-refractivity contribution in [2.45, 2.75) is 61.6 Å². The number of nitrogens with zero attached hydrogens (tertiary/aromatic N) is 2. The first-order valence-corrected chi connectivity index (χ1v) is 11.1. The van der Waals surface area contributed by atoms with Crippen LogP contribution in [0.25, 0.3) is 0 Å². The van der Waals surface area contributed by atoms with Crippen LogP contribution < -0.4 is 10.6 Å². The van der Waals surface area contributed by atoms with Crippen LogP contribution in [0.3, 0.4) is 0 Å². The third kappa shape index (κ3) is 3.58. The first-order chi connectivity index (χ1) is 14.4. The van der Waals surface area contributed by atoms with Crippen LogP contribution in [0.4, 0.5) is 4.79 Å². The number of amides is 3. The monoisotopic (exact) mass is 414 g/mol.